The maximum atomic E-state index is 5.79. The van der Waals surface area contributed by atoms with E-state index in [1.807, 2.05) is 19.3 Å². The minimum atomic E-state index is 0.296. The summed E-state index contributed by atoms with van der Waals surface area (Å²) in [5.41, 5.74) is 1.18. The fourth-order valence-electron chi connectivity index (χ4n) is 1.05. The van der Waals surface area contributed by atoms with E-state index in [1.165, 1.54) is 5.56 Å². The zero-order valence-corrected chi connectivity index (χ0v) is 10.9. The number of nitrogens with zero attached hydrogens (tertiary/aromatic N) is 2. The molecule has 0 saturated heterocycles. The molecule has 0 fully saturated rings. The number of aromatic nitrogens is 1. The van der Waals surface area contributed by atoms with Gasteiger partial charge in [0.05, 0.1) is 0 Å². The maximum Gasteiger partial charge on any atom is 0.128 e. The third kappa shape index (κ3) is 2.61. The molecule has 1 aromatic heterocycles. The molecule has 0 aliphatic rings. The van der Waals surface area contributed by atoms with Crippen LogP contribution >= 0.6 is 27.5 Å². The third-order valence-corrected chi connectivity index (χ3v) is 3.56. The zero-order valence-electron chi connectivity index (χ0n) is 8.59. The van der Waals surface area contributed by atoms with Gasteiger partial charge >= 0.3 is 0 Å². The summed E-state index contributed by atoms with van der Waals surface area (Å²) in [5.74, 6) is 1.56. The molecule has 0 radical (unpaired) electrons. The average Bonchev–Trinajstić information content (AvgIpc) is 2.20. The van der Waals surface area contributed by atoms with Crippen molar-refractivity contribution < 1.29 is 0 Å². The van der Waals surface area contributed by atoms with Crippen LogP contribution in [-0.4, -0.2) is 24.0 Å². The fourth-order valence-corrected chi connectivity index (χ4v) is 1.47. The van der Waals surface area contributed by atoms with Crippen LogP contribution in [0.3, 0.4) is 0 Å². The lowest BCUT2D eigenvalue weighted by atomic mass is 10.2. The van der Waals surface area contributed by atoms with Gasteiger partial charge in [-0.1, -0.05) is 0 Å². The Morgan fingerprint density at radius 1 is 1.64 bits per heavy atom. The Morgan fingerprint density at radius 3 is 2.79 bits per heavy atom. The molecule has 1 aromatic rings. The second kappa shape index (κ2) is 4.99. The Hall–Kier alpha value is -0.280. The molecule has 1 unspecified atom stereocenters. The summed E-state index contributed by atoms with van der Waals surface area (Å²) in [4.78, 5) is 6.40. The molecule has 4 heteroatoms. The summed E-state index contributed by atoms with van der Waals surface area (Å²) in [6.45, 7) is 4.13. The summed E-state index contributed by atoms with van der Waals surface area (Å²) in [6, 6.07) is 2.34. The third-order valence-electron chi connectivity index (χ3n) is 2.28. The average molecular weight is 278 g/mol. The quantitative estimate of drug-likeness (QED) is 0.789. The van der Waals surface area contributed by atoms with Crippen molar-refractivity contribution in [2.24, 2.45) is 0 Å². The van der Waals surface area contributed by atoms with Crippen LogP contribution < -0.4 is 4.90 Å². The molecule has 1 heterocycles. The summed E-state index contributed by atoms with van der Waals surface area (Å²) in [6.07, 6.45) is 1.82. The molecule has 2 nitrogen and oxygen atoms in total. The van der Waals surface area contributed by atoms with E-state index in [0.717, 1.165) is 10.3 Å². The topological polar surface area (TPSA) is 16.1 Å². The van der Waals surface area contributed by atoms with Crippen LogP contribution in [0.25, 0.3) is 0 Å². The normalized spacial score (nSPS) is 12.6. The van der Waals surface area contributed by atoms with Gasteiger partial charge in [0.1, 0.15) is 5.82 Å². The number of alkyl halides is 1. The number of pyridine rings is 1. The zero-order chi connectivity index (χ0) is 10.7. The summed E-state index contributed by atoms with van der Waals surface area (Å²) < 4.78 is 1.04. The second-order valence-corrected chi connectivity index (χ2v) is 4.57. The van der Waals surface area contributed by atoms with Crippen LogP contribution in [0.5, 0.6) is 0 Å². The minimum Gasteiger partial charge on any atom is -0.356 e. The molecule has 0 spiro atoms. The Balaban J connectivity index is 2.91. The largest absolute Gasteiger partial charge is 0.356 e. The predicted octanol–water partition coefficient (Wildman–Crippen LogP) is 3.22. The maximum absolute atomic E-state index is 5.79. The number of hydrogen-bond acceptors (Lipinski definition) is 2. The highest BCUT2D eigenvalue weighted by Crippen LogP contribution is 2.20. The second-order valence-electron chi connectivity index (χ2n) is 3.41. The summed E-state index contributed by atoms with van der Waals surface area (Å²) in [7, 11) is 2.00. The number of hydrogen-bond donors (Lipinski definition) is 0. The molecule has 0 bridgehead atoms. The highest BCUT2D eigenvalue weighted by molar-refractivity contribution is 9.10. The number of halogens is 2. The van der Waals surface area contributed by atoms with Gasteiger partial charge in [0.25, 0.3) is 0 Å². The number of anilines is 1. The van der Waals surface area contributed by atoms with Gasteiger partial charge < -0.3 is 4.90 Å². The molecule has 0 aliphatic heterocycles. The van der Waals surface area contributed by atoms with Crippen LogP contribution in [0, 0.1) is 6.92 Å². The van der Waals surface area contributed by atoms with Crippen molar-refractivity contribution >= 4 is 33.3 Å². The van der Waals surface area contributed by atoms with Crippen molar-refractivity contribution in [2.45, 2.75) is 19.9 Å². The van der Waals surface area contributed by atoms with Gasteiger partial charge in [0, 0.05) is 29.6 Å². The molecule has 14 heavy (non-hydrogen) atoms. The van der Waals surface area contributed by atoms with Gasteiger partial charge in [-0.05, 0) is 41.4 Å². The van der Waals surface area contributed by atoms with Gasteiger partial charge in [0.15, 0.2) is 0 Å². The Bertz CT molecular complexity index is 317. The molecule has 0 amide bonds. The number of aryl methyl sites for hydroxylation is 1. The van der Waals surface area contributed by atoms with Gasteiger partial charge in [-0.25, -0.2) is 4.98 Å². The standard InChI is InChI=1S/C10H14BrClN2/c1-7-4-10(13-6-9(7)11)14(3)8(2)5-12/h4,6,8H,5H2,1-3H3. The van der Waals surface area contributed by atoms with Gasteiger partial charge in [-0.3, -0.25) is 0 Å². The Morgan fingerprint density at radius 2 is 2.29 bits per heavy atom. The fraction of sp³-hybridized carbons (Fsp3) is 0.500. The Kier molecular flexibility index (Phi) is 4.20. The first kappa shape index (κ1) is 11.8. The van der Waals surface area contributed by atoms with E-state index in [2.05, 4.69) is 39.7 Å². The van der Waals surface area contributed by atoms with Crippen molar-refractivity contribution in [1.82, 2.24) is 4.98 Å². The van der Waals surface area contributed by atoms with E-state index in [4.69, 9.17) is 11.6 Å². The van der Waals surface area contributed by atoms with Crippen LogP contribution in [0.1, 0.15) is 12.5 Å². The molecule has 0 aliphatic carbocycles. The highest BCUT2D eigenvalue weighted by Gasteiger charge is 2.10. The minimum absolute atomic E-state index is 0.296. The summed E-state index contributed by atoms with van der Waals surface area (Å²) in [5, 5.41) is 0. The van der Waals surface area contributed by atoms with E-state index in [-0.39, 0.29) is 0 Å². The van der Waals surface area contributed by atoms with Gasteiger partial charge in [-0.2, -0.15) is 0 Å². The van der Waals surface area contributed by atoms with Crippen molar-refractivity contribution in [3.05, 3.63) is 22.3 Å². The van der Waals surface area contributed by atoms with E-state index in [1.54, 1.807) is 0 Å². The van der Waals surface area contributed by atoms with Crippen LogP contribution in [0.2, 0.25) is 0 Å². The van der Waals surface area contributed by atoms with Gasteiger partial charge in [0.2, 0.25) is 0 Å². The first-order valence-corrected chi connectivity index (χ1v) is 5.80. The first-order valence-electron chi connectivity index (χ1n) is 4.47. The SMILES string of the molecule is Cc1cc(N(C)C(C)CCl)ncc1Br. The monoisotopic (exact) mass is 276 g/mol. The van der Waals surface area contributed by atoms with Crippen molar-refractivity contribution in [3.8, 4) is 0 Å². The predicted molar refractivity (Wildman–Crippen MR) is 65.3 cm³/mol. The molecular weight excluding hydrogens is 263 g/mol. The lowest BCUT2D eigenvalue weighted by molar-refractivity contribution is 0.748. The molecule has 0 aromatic carbocycles. The smallest absolute Gasteiger partial charge is 0.128 e. The molecule has 78 valence electrons. The van der Waals surface area contributed by atoms with Gasteiger partial charge in [-0.15, -0.1) is 11.6 Å². The molecule has 0 saturated carbocycles. The highest BCUT2D eigenvalue weighted by atomic mass is 79.9. The van der Waals surface area contributed by atoms with E-state index < -0.39 is 0 Å². The lowest BCUT2D eigenvalue weighted by Gasteiger charge is -2.24. The van der Waals surface area contributed by atoms with E-state index in [9.17, 15) is 0 Å². The summed E-state index contributed by atoms with van der Waals surface area (Å²) >= 11 is 9.21. The molecular formula is C10H14BrClN2. The van der Waals surface area contributed by atoms with Crippen molar-refractivity contribution in [3.63, 3.8) is 0 Å². The number of rotatable bonds is 3. The van der Waals surface area contributed by atoms with Crippen LogP contribution in [-0.2, 0) is 0 Å². The Labute approximate surface area is 98.4 Å². The van der Waals surface area contributed by atoms with E-state index >= 15 is 0 Å². The lowest BCUT2D eigenvalue weighted by Crippen LogP contribution is -2.30. The molecule has 1 atom stereocenters. The van der Waals surface area contributed by atoms with Crippen molar-refractivity contribution in [1.29, 1.82) is 0 Å². The van der Waals surface area contributed by atoms with Crippen LogP contribution in [0.4, 0.5) is 5.82 Å². The van der Waals surface area contributed by atoms with E-state index in [0.29, 0.717) is 11.9 Å². The molecule has 0 N–H and O–H groups in total. The van der Waals surface area contributed by atoms with Crippen molar-refractivity contribution in [2.75, 3.05) is 17.8 Å². The van der Waals surface area contributed by atoms with Crippen LogP contribution in [0.15, 0.2) is 16.7 Å². The first-order chi connectivity index (χ1) is 6.56. The molecule has 1 rings (SSSR count).